The van der Waals surface area contributed by atoms with E-state index in [0.717, 1.165) is 36.8 Å². The Morgan fingerprint density at radius 3 is 2.48 bits per heavy atom. The van der Waals surface area contributed by atoms with Crippen LogP contribution in [0.2, 0.25) is 5.02 Å². The van der Waals surface area contributed by atoms with Crippen molar-refractivity contribution in [2.75, 3.05) is 32.8 Å². The van der Waals surface area contributed by atoms with Crippen LogP contribution >= 0.6 is 24.0 Å². The predicted octanol–water partition coefficient (Wildman–Crippen LogP) is 3.04. The number of halogens is 2. The predicted molar refractivity (Wildman–Crippen MR) is 91.5 cm³/mol. The number of nitrogens with zero attached hydrogens (tertiary/aromatic N) is 1. The van der Waals surface area contributed by atoms with E-state index in [2.05, 4.69) is 42.3 Å². The van der Waals surface area contributed by atoms with Gasteiger partial charge >= 0.3 is 0 Å². The first-order valence-corrected chi connectivity index (χ1v) is 7.65. The van der Waals surface area contributed by atoms with E-state index in [1.165, 1.54) is 5.56 Å². The van der Waals surface area contributed by atoms with Gasteiger partial charge in [-0.15, -0.1) is 12.4 Å². The summed E-state index contributed by atoms with van der Waals surface area (Å²) >= 11 is 6.30. The summed E-state index contributed by atoms with van der Waals surface area (Å²) in [4.78, 5) is 2.45. The molecule has 120 valence electrons. The van der Waals surface area contributed by atoms with E-state index in [1.807, 2.05) is 6.92 Å². The molecular weight excluding hydrogens is 307 g/mol. The molecule has 1 aliphatic heterocycles. The molecule has 0 spiro atoms. The Morgan fingerprint density at radius 2 is 1.95 bits per heavy atom. The molecule has 1 heterocycles. The van der Waals surface area contributed by atoms with Crippen LogP contribution in [-0.4, -0.2) is 42.8 Å². The minimum Gasteiger partial charge on any atom is -0.396 e. The fourth-order valence-electron chi connectivity index (χ4n) is 2.96. The molecule has 1 aromatic rings. The number of hydrogen-bond donors (Lipinski definition) is 2. The Balaban J connectivity index is 0.00000220. The summed E-state index contributed by atoms with van der Waals surface area (Å²) in [5, 5.41) is 14.0. The Bertz CT molecular complexity index is 460. The van der Waals surface area contributed by atoms with Crippen LogP contribution in [0.1, 0.15) is 31.0 Å². The zero-order valence-electron chi connectivity index (χ0n) is 13.0. The minimum atomic E-state index is -0.198. The average Bonchev–Trinajstić information content (AvgIpc) is 2.44. The molecule has 1 fully saturated rings. The molecule has 1 aromatic carbocycles. The standard InChI is InChI=1S/C16H25ClN2O.ClH/c1-12-4-5-13(10-14(12)17)15(16(2,3)11-20)19-8-6-18-7-9-19;/h4-5,10,15,18,20H,6-9,11H2,1-3H3;1H/t15-;/m0./s1. The number of aryl methyl sites for hydroxylation is 1. The molecule has 2 rings (SSSR count). The first-order valence-electron chi connectivity index (χ1n) is 7.27. The smallest absolute Gasteiger partial charge is 0.0500 e. The van der Waals surface area contributed by atoms with Gasteiger partial charge < -0.3 is 10.4 Å². The molecule has 0 unspecified atom stereocenters. The lowest BCUT2D eigenvalue weighted by atomic mass is 9.79. The number of aliphatic hydroxyl groups excluding tert-OH is 1. The Labute approximate surface area is 139 Å². The van der Waals surface area contributed by atoms with Gasteiger partial charge in [0.2, 0.25) is 0 Å². The van der Waals surface area contributed by atoms with Gasteiger partial charge in [-0.3, -0.25) is 4.90 Å². The highest BCUT2D eigenvalue weighted by molar-refractivity contribution is 6.31. The first-order chi connectivity index (χ1) is 9.45. The van der Waals surface area contributed by atoms with E-state index < -0.39 is 0 Å². The third-order valence-corrected chi connectivity index (χ3v) is 4.58. The molecule has 0 radical (unpaired) electrons. The molecule has 1 saturated heterocycles. The number of aliphatic hydroxyl groups is 1. The second-order valence-corrected chi connectivity index (χ2v) is 6.75. The summed E-state index contributed by atoms with van der Waals surface area (Å²) in [5.74, 6) is 0. The summed E-state index contributed by atoms with van der Waals surface area (Å²) < 4.78 is 0. The third-order valence-electron chi connectivity index (χ3n) is 4.18. The summed E-state index contributed by atoms with van der Waals surface area (Å²) in [5.41, 5.74) is 2.09. The molecule has 1 atom stereocenters. The molecule has 3 nitrogen and oxygen atoms in total. The molecule has 21 heavy (non-hydrogen) atoms. The van der Waals surface area contributed by atoms with Gasteiger partial charge in [0, 0.05) is 49.3 Å². The molecule has 0 amide bonds. The monoisotopic (exact) mass is 332 g/mol. The zero-order valence-corrected chi connectivity index (χ0v) is 14.6. The van der Waals surface area contributed by atoms with Crippen molar-refractivity contribution in [3.63, 3.8) is 0 Å². The lowest BCUT2D eigenvalue weighted by Crippen LogP contribution is -2.49. The van der Waals surface area contributed by atoms with E-state index in [0.29, 0.717) is 0 Å². The van der Waals surface area contributed by atoms with Crippen LogP contribution in [0, 0.1) is 12.3 Å². The van der Waals surface area contributed by atoms with E-state index in [9.17, 15) is 5.11 Å². The molecule has 0 aliphatic carbocycles. The van der Waals surface area contributed by atoms with E-state index in [4.69, 9.17) is 11.6 Å². The van der Waals surface area contributed by atoms with Gasteiger partial charge in [-0.2, -0.15) is 0 Å². The van der Waals surface area contributed by atoms with Gasteiger partial charge in [0.1, 0.15) is 0 Å². The van der Waals surface area contributed by atoms with Gasteiger partial charge in [-0.1, -0.05) is 37.6 Å². The van der Waals surface area contributed by atoms with Crippen molar-refractivity contribution >= 4 is 24.0 Å². The van der Waals surface area contributed by atoms with Gasteiger partial charge in [-0.05, 0) is 24.1 Å². The van der Waals surface area contributed by atoms with Crippen LogP contribution in [0.5, 0.6) is 0 Å². The third kappa shape index (κ3) is 4.33. The van der Waals surface area contributed by atoms with E-state index >= 15 is 0 Å². The quantitative estimate of drug-likeness (QED) is 0.889. The second-order valence-electron chi connectivity index (χ2n) is 6.34. The van der Waals surface area contributed by atoms with Crippen molar-refractivity contribution in [3.8, 4) is 0 Å². The van der Waals surface area contributed by atoms with Crippen molar-refractivity contribution < 1.29 is 5.11 Å². The molecule has 0 saturated carbocycles. The van der Waals surface area contributed by atoms with E-state index in [1.54, 1.807) is 0 Å². The highest BCUT2D eigenvalue weighted by atomic mass is 35.5. The number of rotatable bonds is 4. The Hall–Kier alpha value is -0.320. The second kappa shape index (κ2) is 7.80. The molecule has 2 N–H and O–H groups in total. The number of piperazine rings is 1. The van der Waals surface area contributed by atoms with Crippen molar-refractivity contribution in [1.82, 2.24) is 10.2 Å². The number of nitrogens with one attached hydrogen (secondary N) is 1. The van der Waals surface area contributed by atoms with Crippen molar-refractivity contribution in [1.29, 1.82) is 0 Å². The maximum atomic E-state index is 9.81. The topological polar surface area (TPSA) is 35.5 Å². The van der Waals surface area contributed by atoms with Gasteiger partial charge in [0.05, 0.1) is 0 Å². The summed E-state index contributed by atoms with van der Waals surface area (Å²) in [6.45, 7) is 10.4. The van der Waals surface area contributed by atoms with Crippen molar-refractivity contribution in [2.24, 2.45) is 5.41 Å². The summed E-state index contributed by atoms with van der Waals surface area (Å²) in [6.07, 6.45) is 0. The molecule has 1 aliphatic rings. The van der Waals surface area contributed by atoms with Gasteiger partial charge in [-0.25, -0.2) is 0 Å². The maximum absolute atomic E-state index is 9.81. The summed E-state index contributed by atoms with van der Waals surface area (Å²) in [6, 6.07) is 6.46. The van der Waals surface area contributed by atoms with Crippen molar-refractivity contribution in [2.45, 2.75) is 26.8 Å². The summed E-state index contributed by atoms with van der Waals surface area (Å²) in [7, 11) is 0. The zero-order chi connectivity index (χ0) is 14.8. The highest BCUT2D eigenvalue weighted by Gasteiger charge is 2.35. The first kappa shape index (κ1) is 18.7. The van der Waals surface area contributed by atoms with E-state index in [-0.39, 0.29) is 30.5 Å². The van der Waals surface area contributed by atoms with Crippen LogP contribution in [0.15, 0.2) is 18.2 Å². The minimum absolute atomic E-state index is 0. The van der Waals surface area contributed by atoms with Crippen LogP contribution in [0.25, 0.3) is 0 Å². The Kier molecular flexibility index (Phi) is 6.95. The van der Waals surface area contributed by atoms with Crippen molar-refractivity contribution in [3.05, 3.63) is 34.3 Å². The molecule has 0 bridgehead atoms. The van der Waals surface area contributed by atoms with Gasteiger partial charge in [0.25, 0.3) is 0 Å². The molecule has 0 aromatic heterocycles. The fourth-order valence-corrected chi connectivity index (χ4v) is 3.15. The SMILES string of the molecule is Cc1ccc([C@H](N2CCNCC2)C(C)(C)CO)cc1Cl.Cl. The van der Waals surface area contributed by atoms with Crippen LogP contribution < -0.4 is 5.32 Å². The fraction of sp³-hybridized carbons (Fsp3) is 0.625. The maximum Gasteiger partial charge on any atom is 0.0500 e. The lowest BCUT2D eigenvalue weighted by molar-refractivity contribution is 0.0305. The average molecular weight is 333 g/mol. The number of benzene rings is 1. The number of hydrogen-bond acceptors (Lipinski definition) is 3. The normalized spacial score (nSPS) is 18.1. The van der Waals surface area contributed by atoms with Crippen LogP contribution in [0.3, 0.4) is 0 Å². The largest absolute Gasteiger partial charge is 0.396 e. The molecular formula is C16H26Cl2N2O. The van der Waals surface area contributed by atoms with Crippen LogP contribution in [0.4, 0.5) is 0 Å². The van der Waals surface area contributed by atoms with Crippen LogP contribution in [-0.2, 0) is 0 Å². The molecule has 5 heteroatoms. The van der Waals surface area contributed by atoms with Gasteiger partial charge in [0.15, 0.2) is 0 Å². The lowest BCUT2D eigenvalue weighted by Gasteiger charge is -2.43. The highest BCUT2D eigenvalue weighted by Crippen LogP contribution is 2.39. The Morgan fingerprint density at radius 1 is 1.33 bits per heavy atom.